The Balaban J connectivity index is 2.84. The summed E-state index contributed by atoms with van der Waals surface area (Å²) in [5, 5.41) is 9.21. The maximum atomic E-state index is 4.15. The van der Waals surface area contributed by atoms with Gasteiger partial charge in [0.2, 0.25) is 0 Å². The van der Waals surface area contributed by atoms with Crippen molar-refractivity contribution < 1.29 is 0 Å². The van der Waals surface area contributed by atoms with Crippen LogP contribution in [0.2, 0.25) is 0 Å². The highest BCUT2D eigenvalue weighted by Gasteiger charge is 2.06. The van der Waals surface area contributed by atoms with Crippen LogP contribution in [0.3, 0.4) is 0 Å². The quantitative estimate of drug-likeness (QED) is 0.679. The lowest BCUT2D eigenvalue weighted by Crippen LogP contribution is -2.19. The van der Waals surface area contributed by atoms with E-state index in [-0.39, 0.29) is 0 Å². The molecule has 0 aliphatic heterocycles. The van der Waals surface area contributed by atoms with Gasteiger partial charge in [-0.2, -0.15) is 0 Å². The molecule has 15 heavy (non-hydrogen) atoms. The zero-order valence-corrected chi connectivity index (χ0v) is 9.39. The molecule has 1 aromatic rings. The maximum Gasteiger partial charge on any atom is 0.158 e. The van der Waals surface area contributed by atoms with Crippen LogP contribution in [0.4, 0.5) is 11.5 Å². The summed E-state index contributed by atoms with van der Waals surface area (Å²) in [6.45, 7) is 8.59. The molecule has 3 N–H and O–H groups in total. The summed E-state index contributed by atoms with van der Waals surface area (Å²) >= 11 is 0. The van der Waals surface area contributed by atoms with Gasteiger partial charge >= 0.3 is 0 Å². The molecule has 0 bridgehead atoms. The molecule has 1 aromatic heterocycles. The number of aryl methyl sites for hydroxylation is 1. The van der Waals surface area contributed by atoms with Crippen LogP contribution in [0.25, 0.3) is 0 Å². The number of anilines is 2. The fourth-order valence-electron chi connectivity index (χ4n) is 1.27. The Morgan fingerprint density at radius 1 is 1.47 bits per heavy atom. The number of aromatic nitrogens is 2. The third kappa shape index (κ3) is 2.83. The molecule has 0 saturated heterocycles. The molecule has 0 spiro atoms. The molecule has 0 aliphatic rings. The van der Waals surface area contributed by atoms with Crippen LogP contribution in [-0.4, -0.2) is 23.6 Å². The molecule has 0 fully saturated rings. The van der Waals surface area contributed by atoms with Crippen molar-refractivity contribution in [1.29, 1.82) is 0 Å². The molecule has 1 rings (SSSR count). The highest BCUT2D eigenvalue weighted by molar-refractivity contribution is 5.67. The Morgan fingerprint density at radius 3 is 2.80 bits per heavy atom. The second-order valence-electron chi connectivity index (χ2n) is 3.07. The molecule has 0 aliphatic carbocycles. The van der Waals surface area contributed by atoms with Crippen molar-refractivity contribution >= 4 is 11.5 Å². The second-order valence-corrected chi connectivity index (χ2v) is 3.07. The minimum atomic E-state index is 0.729. The summed E-state index contributed by atoms with van der Waals surface area (Å²) in [5.41, 5.74) is 1.79. The van der Waals surface area contributed by atoms with Gasteiger partial charge < -0.3 is 16.0 Å². The minimum Gasteiger partial charge on any atom is -0.384 e. The van der Waals surface area contributed by atoms with Gasteiger partial charge in [0.15, 0.2) is 5.82 Å². The predicted octanol–water partition coefficient (Wildman–Crippen LogP) is 1.32. The van der Waals surface area contributed by atoms with Gasteiger partial charge in [-0.3, -0.25) is 0 Å². The van der Waals surface area contributed by atoms with Crippen LogP contribution in [0, 0.1) is 6.92 Å². The Kier molecular flexibility index (Phi) is 3.91. The highest BCUT2D eigenvalue weighted by atomic mass is 15.1. The van der Waals surface area contributed by atoms with Crippen molar-refractivity contribution in [3.8, 4) is 0 Å². The number of nitrogens with zero attached hydrogens (tertiary/aromatic N) is 2. The third-order valence-corrected chi connectivity index (χ3v) is 1.95. The lowest BCUT2D eigenvalue weighted by Gasteiger charge is -2.14. The van der Waals surface area contributed by atoms with Crippen LogP contribution >= 0.6 is 0 Å². The first-order valence-corrected chi connectivity index (χ1v) is 4.88. The van der Waals surface area contributed by atoms with E-state index in [0.29, 0.717) is 0 Å². The Bertz CT molecular complexity index is 348. The van der Waals surface area contributed by atoms with E-state index in [1.165, 1.54) is 6.33 Å². The smallest absolute Gasteiger partial charge is 0.158 e. The van der Waals surface area contributed by atoms with Crippen LogP contribution in [0.15, 0.2) is 18.7 Å². The van der Waals surface area contributed by atoms with Gasteiger partial charge in [0.25, 0.3) is 0 Å². The number of nitrogens with one attached hydrogen (secondary N) is 3. The fraction of sp³-hybridized carbons (Fsp3) is 0.400. The molecule has 0 amide bonds. The van der Waals surface area contributed by atoms with Crippen LogP contribution in [-0.2, 0) is 0 Å². The summed E-state index contributed by atoms with van der Waals surface area (Å²) in [6, 6.07) is 0. The summed E-state index contributed by atoms with van der Waals surface area (Å²) in [6.07, 6.45) is 1.53. The monoisotopic (exact) mass is 207 g/mol. The molecule has 0 unspecified atom stereocenters. The van der Waals surface area contributed by atoms with E-state index in [2.05, 4.69) is 32.5 Å². The molecule has 0 saturated carbocycles. The van der Waals surface area contributed by atoms with Gasteiger partial charge in [-0.05, 0) is 13.8 Å². The van der Waals surface area contributed by atoms with Crippen molar-refractivity contribution in [2.45, 2.75) is 13.8 Å². The first-order chi connectivity index (χ1) is 7.19. The molecule has 5 nitrogen and oxygen atoms in total. The summed E-state index contributed by atoms with van der Waals surface area (Å²) in [5.74, 6) is 1.46. The van der Waals surface area contributed by atoms with Gasteiger partial charge in [-0.15, -0.1) is 0 Å². The highest BCUT2D eigenvalue weighted by Crippen LogP contribution is 2.20. The summed E-state index contributed by atoms with van der Waals surface area (Å²) in [7, 11) is 1.84. The lowest BCUT2D eigenvalue weighted by atomic mass is 10.3. The van der Waals surface area contributed by atoms with Crippen molar-refractivity contribution in [3.05, 3.63) is 24.4 Å². The van der Waals surface area contributed by atoms with Crippen molar-refractivity contribution in [2.75, 3.05) is 24.2 Å². The Morgan fingerprint density at radius 2 is 2.20 bits per heavy atom. The van der Waals surface area contributed by atoms with E-state index in [4.69, 9.17) is 0 Å². The van der Waals surface area contributed by atoms with Crippen molar-refractivity contribution in [3.63, 3.8) is 0 Å². The topological polar surface area (TPSA) is 61.9 Å². The second kappa shape index (κ2) is 5.19. The molecule has 5 heteroatoms. The summed E-state index contributed by atoms with van der Waals surface area (Å²) < 4.78 is 0. The number of rotatable bonds is 5. The SMILES string of the molecule is C=C(NCC)Nc1ncnc(C)c1NC. The van der Waals surface area contributed by atoms with E-state index in [1.54, 1.807) is 0 Å². The first-order valence-electron chi connectivity index (χ1n) is 4.88. The minimum absolute atomic E-state index is 0.729. The average molecular weight is 207 g/mol. The number of hydrogen-bond donors (Lipinski definition) is 3. The molecule has 0 aromatic carbocycles. The van der Waals surface area contributed by atoms with Gasteiger partial charge in [0.05, 0.1) is 17.2 Å². The molecule has 0 atom stereocenters. The van der Waals surface area contributed by atoms with E-state index in [0.717, 1.165) is 29.6 Å². The lowest BCUT2D eigenvalue weighted by molar-refractivity contribution is 0.860. The number of hydrogen-bond acceptors (Lipinski definition) is 5. The predicted molar refractivity (Wildman–Crippen MR) is 62.8 cm³/mol. The Labute approximate surface area is 90.0 Å². The van der Waals surface area contributed by atoms with E-state index in [1.807, 2.05) is 20.9 Å². The zero-order valence-electron chi connectivity index (χ0n) is 9.39. The standard InChI is InChI=1S/C10H17N5/c1-5-12-8(3)15-10-9(11-4)7(2)13-6-14-10/h6,11-12H,3,5H2,1-2,4H3,(H,13,14,15). The van der Waals surface area contributed by atoms with Gasteiger partial charge in [0.1, 0.15) is 6.33 Å². The maximum absolute atomic E-state index is 4.15. The normalized spacial score (nSPS) is 9.53. The zero-order chi connectivity index (χ0) is 11.3. The third-order valence-electron chi connectivity index (χ3n) is 1.95. The van der Waals surface area contributed by atoms with Crippen LogP contribution in [0.5, 0.6) is 0 Å². The van der Waals surface area contributed by atoms with Crippen LogP contribution in [0.1, 0.15) is 12.6 Å². The molecule has 82 valence electrons. The van der Waals surface area contributed by atoms with Crippen LogP contribution < -0.4 is 16.0 Å². The molecule has 0 radical (unpaired) electrons. The Hall–Kier alpha value is -1.78. The molecular formula is C10H17N5. The van der Waals surface area contributed by atoms with E-state index >= 15 is 0 Å². The van der Waals surface area contributed by atoms with Gasteiger partial charge in [-0.1, -0.05) is 6.58 Å². The molecular weight excluding hydrogens is 190 g/mol. The first kappa shape index (κ1) is 11.3. The van der Waals surface area contributed by atoms with E-state index < -0.39 is 0 Å². The fourth-order valence-corrected chi connectivity index (χ4v) is 1.27. The van der Waals surface area contributed by atoms with Gasteiger partial charge in [0, 0.05) is 13.6 Å². The average Bonchev–Trinajstić information content (AvgIpc) is 2.18. The van der Waals surface area contributed by atoms with E-state index in [9.17, 15) is 0 Å². The van der Waals surface area contributed by atoms with Crippen molar-refractivity contribution in [2.24, 2.45) is 0 Å². The van der Waals surface area contributed by atoms with Crippen molar-refractivity contribution in [1.82, 2.24) is 15.3 Å². The largest absolute Gasteiger partial charge is 0.384 e. The van der Waals surface area contributed by atoms with Gasteiger partial charge in [-0.25, -0.2) is 9.97 Å². The summed E-state index contributed by atoms with van der Waals surface area (Å²) in [4.78, 5) is 8.25. The molecule has 1 heterocycles.